The summed E-state index contributed by atoms with van der Waals surface area (Å²) in [5.41, 5.74) is 9.60. The Balaban J connectivity index is 1.54. The largest absolute Gasteiger partial charge is 0.494 e. The minimum absolute atomic E-state index is 0.149. The Labute approximate surface area is 235 Å². The maximum atomic E-state index is 14.4. The van der Waals surface area contributed by atoms with Crippen molar-refractivity contribution < 1.29 is 14.3 Å². The fourth-order valence-electron chi connectivity index (χ4n) is 5.09. The third-order valence-corrected chi connectivity index (χ3v) is 7.19. The minimum Gasteiger partial charge on any atom is -0.494 e. The van der Waals surface area contributed by atoms with Gasteiger partial charge in [-0.1, -0.05) is 25.1 Å². The molecule has 0 saturated carbocycles. The second-order valence-electron chi connectivity index (χ2n) is 10.1. The van der Waals surface area contributed by atoms with Crippen molar-refractivity contribution in [1.29, 1.82) is 0 Å². The van der Waals surface area contributed by atoms with Gasteiger partial charge in [-0.15, -0.1) is 0 Å². The van der Waals surface area contributed by atoms with Gasteiger partial charge in [0, 0.05) is 36.3 Å². The van der Waals surface area contributed by atoms with Crippen LogP contribution in [0.15, 0.2) is 61.2 Å². The topological polar surface area (TPSA) is 84.8 Å². The molecule has 0 saturated heterocycles. The molecule has 0 fully saturated rings. The van der Waals surface area contributed by atoms with Crippen LogP contribution in [0, 0.1) is 6.92 Å². The van der Waals surface area contributed by atoms with E-state index in [0.29, 0.717) is 29.4 Å². The van der Waals surface area contributed by atoms with Gasteiger partial charge in [0.25, 0.3) is 5.91 Å². The maximum Gasteiger partial charge on any atom is 0.278 e. The number of fused-ring (bicyclic) bond motifs is 3. The van der Waals surface area contributed by atoms with Crippen molar-refractivity contribution in [2.24, 2.45) is 0 Å². The first kappa shape index (κ1) is 27.2. The molecule has 2 aromatic heterocycles. The number of nitrogens with one attached hydrogen (secondary N) is 1. The Morgan fingerprint density at radius 3 is 2.77 bits per heavy atom. The van der Waals surface area contributed by atoms with Crippen LogP contribution in [0.3, 0.4) is 0 Å². The predicted molar refractivity (Wildman–Crippen MR) is 157 cm³/mol. The molecule has 3 heterocycles. The number of aryl methyl sites for hydroxylation is 3. The van der Waals surface area contributed by atoms with Crippen molar-refractivity contribution in [3.63, 3.8) is 0 Å². The van der Waals surface area contributed by atoms with E-state index >= 15 is 0 Å². The Bertz CT molecular complexity index is 1510. The molecular formula is C31H36N6O3. The third kappa shape index (κ3) is 5.37. The number of aromatic nitrogens is 3. The van der Waals surface area contributed by atoms with E-state index in [-0.39, 0.29) is 5.91 Å². The zero-order valence-corrected chi connectivity index (χ0v) is 23.8. The van der Waals surface area contributed by atoms with Crippen molar-refractivity contribution in [1.82, 2.24) is 19.4 Å². The summed E-state index contributed by atoms with van der Waals surface area (Å²) in [5.74, 6) is 1.96. The highest BCUT2D eigenvalue weighted by molar-refractivity contribution is 6.09. The highest BCUT2D eigenvalue weighted by Crippen LogP contribution is 2.35. The van der Waals surface area contributed by atoms with Gasteiger partial charge in [0.1, 0.15) is 30.3 Å². The quantitative estimate of drug-likeness (QED) is 0.288. The Hall–Kier alpha value is -4.37. The van der Waals surface area contributed by atoms with E-state index < -0.39 is 0 Å². The molecule has 1 amide bonds. The van der Waals surface area contributed by atoms with E-state index in [0.717, 1.165) is 59.7 Å². The zero-order valence-electron chi connectivity index (χ0n) is 23.8. The number of benzene rings is 2. The number of hydrogen-bond acceptors (Lipinski definition) is 7. The van der Waals surface area contributed by atoms with Gasteiger partial charge in [0.05, 0.1) is 24.0 Å². The molecule has 4 aromatic rings. The van der Waals surface area contributed by atoms with Gasteiger partial charge in [0.2, 0.25) is 0 Å². The van der Waals surface area contributed by atoms with Crippen LogP contribution in [0.5, 0.6) is 11.5 Å². The van der Waals surface area contributed by atoms with E-state index in [1.807, 2.05) is 74.4 Å². The molecule has 0 spiro atoms. The van der Waals surface area contributed by atoms with Gasteiger partial charge in [-0.2, -0.15) is 0 Å². The first-order valence-corrected chi connectivity index (χ1v) is 13.6. The van der Waals surface area contributed by atoms with Crippen LogP contribution in [-0.4, -0.2) is 59.7 Å². The zero-order chi connectivity index (χ0) is 28.2. The van der Waals surface area contributed by atoms with Gasteiger partial charge in [-0.05, 0) is 69.6 Å². The third-order valence-electron chi connectivity index (χ3n) is 7.19. The van der Waals surface area contributed by atoms with Gasteiger partial charge >= 0.3 is 0 Å². The lowest BCUT2D eigenvalue weighted by molar-refractivity contribution is 0.0991. The van der Waals surface area contributed by atoms with Gasteiger partial charge in [-0.3, -0.25) is 10.2 Å². The molecule has 5 rings (SSSR count). The van der Waals surface area contributed by atoms with Crippen LogP contribution in [0.1, 0.15) is 39.7 Å². The van der Waals surface area contributed by atoms with Crippen molar-refractivity contribution in [3.8, 4) is 17.3 Å². The van der Waals surface area contributed by atoms with Crippen molar-refractivity contribution >= 4 is 17.3 Å². The summed E-state index contributed by atoms with van der Waals surface area (Å²) < 4.78 is 13.6. The molecule has 40 heavy (non-hydrogen) atoms. The molecule has 0 atom stereocenters. The number of likely N-dealkylation sites (N-methyl/N-ethyl adjacent to an activating group) is 1. The van der Waals surface area contributed by atoms with Crippen LogP contribution >= 0.6 is 0 Å². The molecule has 2 aromatic carbocycles. The molecule has 0 radical (unpaired) electrons. The lowest BCUT2D eigenvalue weighted by atomic mass is 10.0. The summed E-state index contributed by atoms with van der Waals surface area (Å²) in [6.45, 7) is 5.48. The molecular weight excluding hydrogens is 504 g/mol. The number of anilines is 2. The van der Waals surface area contributed by atoms with E-state index in [1.165, 1.54) is 0 Å². The van der Waals surface area contributed by atoms with Crippen LogP contribution < -0.4 is 19.9 Å². The molecule has 9 heteroatoms. The second-order valence-corrected chi connectivity index (χ2v) is 10.1. The lowest BCUT2D eigenvalue weighted by Gasteiger charge is -2.29. The smallest absolute Gasteiger partial charge is 0.278 e. The van der Waals surface area contributed by atoms with Gasteiger partial charge in [0.15, 0.2) is 0 Å². The highest BCUT2D eigenvalue weighted by atomic mass is 16.5. The molecule has 0 aliphatic carbocycles. The number of nitrogens with zero attached hydrogens (tertiary/aromatic N) is 5. The average molecular weight is 541 g/mol. The number of hydrogen-bond donors (Lipinski definition) is 1. The summed E-state index contributed by atoms with van der Waals surface area (Å²) in [5, 5.41) is 1.66. The Kier molecular flexibility index (Phi) is 8.02. The average Bonchev–Trinajstić information content (AvgIpc) is 3.41. The molecule has 208 valence electrons. The lowest BCUT2D eigenvalue weighted by Crippen LogP contribution is -2.38. The molecule has 1 aliphatic rings. The first-order valence-electron chi connectivity index (χ1n) is 13.6. The minimum atomic E-state index is -0.149. The van der Waals surface area contributed by atoms with E-state index in [2.05, 4.69) is 33.3 Å². The number of rotatable bonds is 10. The van der Waals surface area contributed by atoms with Crippen LogP contribution in [0.25, 0.3) is 5.82 Å². The van der Waals surface area contributed by atoms with Crippen LogP contribution in [-0.2, 0) is 19.3 Å². The number of ether oxygens (including phenoxy) is 2. The molecule has 9 nitrogen and oxygen atoms in total. The monoisotopic (exact) mass is 540 g/mol. The highest BCUT2D eigenvalue weighted by Gasteiger charge is 2.29. The Morgan fingerprint density at radius 2 is 2.00 bits per heavy atom. The summed E-state index contributed by atoms with van der Waals surface area (Å²) in [6, 6.07) is 13.6. The van der Waals surface area contributed by atoms with Crippen LogP contribution in [0.2, 0.25) is 0 Å². The van der Waals surface area contributed by atoms with Gasteiger partial charge < -0.3 is 18.9 Å². The van der Waals surface area contributed by atoms with Crippen LogP contribution in [0.4, 0.5) is 11.4 Å². The summed E-state index contributed by atoms with van der Waals surface area (Å²) in [4.78, 5) is 25.2. The number of hydrazine groups is 1. The molecule has 1 aliphatic heterocycles. The van der Waals surface area contributed by atoms with Gasteiger partial charge in [-0.25, -0.2) is 15.0 Å². The van der Waals surface area contributed by atoms with Crippen molar-refractivity contribution in [3.05, 3.63) is 89.1 Å². The summed E-state index contributed by atoms with van der Waals surface area (Å²) in [7, 11) is 5.63. The van der Waals surface area contributed by atoms with Crippen molar-refractivity contribution in [2.45, 2.75) is 33.1 Å². The number of methoxy groups -OCH3 is 1. The maximum absolute atomic E-state index is 14.4. The van der Waals surface area contributed by atoms with E-state index in [1.54, 1.807) is 18.4 Å². The van der Waals surface area contributed by atoms with Crippen molar-refractivity contribution in [2.75, 3.05) is 44.8 Å². The number of carbonyl (C=O) groups is 1. The normalized spacial score (nSPS) is 12.1. The molecule has 1 N–H and O–H groups in total. The predicted octanol–water partition coefficient (Wildman–Crippen LogP) is 4.86. The second kappa shape index (κ2) is 11.8. The Morgan fingerprint density at radius 1 is 1.15 bits per heavy atom. The van der Waals surface area contributed by atoms with E-state index in [4.69, 9.17) is 9.47 Å². The fraction of sp³-hybridized carbons (Fsp3) is 0.323. The first-order chi connectivity index (χ1) is 19.4. The molecule has 0 bridgehead atoms. The number of para-hydroxylation sites is 1. The fourth-order valence-corrected chi connectivity index (χ4v) is 5.09. The molecule has 0 unspecified atom stereocenters. The SMILES string of the molecule is CCc1cccc(C)c1N(Nc1ccc(OCCN(C)C)cc1OC)C(=O)c1ccn2c1CCc1cncnc1-2. The summed E-state index contributed by atoms with van der Waals surface area (Å²) >= 11 is 0. The number of carbonyl (C=O) groups excluding carboxylic acids is 1. The summed E-state index contributed by atoms with van der Waals surface area (Å²) in [6.07, 6.45) is 7.59. The standard InChI is InChI=1S/C31H36N6O3/c1-6-22-9-7-8-21(2)29(22)37(34-26-12-11-24(18-28(26)39-5)40-17-16-35(3)4)31(38)25-14-15-36-27(25)13-10-23-19-32-20-33-30(23)36/h7-9,11-12,14-15,18-20,34H,6,10,13,16-17H2,1-5H3. The number of amides is 1. The van der Waals surface area contributed by atoms with E-state index in [9.17, 15) is 4.79 Å².